The van der Waals surface area contributed by atoms with Crippen molar-refractivity contribution in [1.29, 1.82) is 0 Å². The van der Waals surface area contributed by atoms with Gasteiger partial charge < -0.3 is 9.64 Å². The second-order valence-corrected chi connectivity index (χ2v) is 7.68. The van der Waals surface area contributed by atoms with Gasteiger partial charge in [-0.05, 0) is 38.0 Å². The van der Waals surface area contributed by atoms with Crippen molar-refractivity contribution in [3.8, 4) is 0 Å². The van der Waals surface area contributed by atoms with Gasteiger partial charge in [0.15, 0.2) is 0 Å². The molecule has 1 saturated carbocycles. The molecule has 3 rings (SSSR count). The van der Waals surface area contributed by atoms with Crippen molar-refractivity contribution in [1.82, 2.24) is 4.90 Å². The van der Waals surface area contributed by atoms with Crippen LogP contribution in [0.3, 0.4) is 0 Å². The number of rotatable bonds is 1. The first-order chi connectivity index (χ1) is 9.25. The predicted octanol–water partition coefficient (Wildman–Crippen LogP) is 2.55. The Morgan fingerprint density at radius 2 is 2.00 bits per heavy atom. The monoisotopic (exact) mass is 283 g/mol. The lowest BCUT2D eigenvalue weighted by molar-refractivity contribution is -0.140. The van der Waals surface area contributed by atoms with Crippen molar-refractivity contribution in [2.45, 2.75) is 50.3 Å². The lowest BCUT2D eigenvalue weighted by Crippen LogP contribution is -2.55. The molecule has 2 saturated heterocycles. The summed E-state index contributed by atoms with van der Waals surface area (Å²) in [6.07, 6.45) is 5.72. The second kappa shape index (κ2) is 6.04. The maximum absolute atomic E-state index is 12.8. The Kier molecular flexibility index (Phi) is 4.37. The first-order valence-electron chi connectivity index (χ1n) is 7.75. The molecule has 0 spiro atoms. The number of hydrogen-bond acceptors (Lipinski definition) is 3. The number of carbonyl (C=O) groups excluding carboxylic acids is 1. The Bertz CT molecular complexity index is 326. The number of amides is 1. The topological polar surface area (TPSA) is 29.5 Å². The molecule has 3 aliphatic rings. The molecule has 4 heteroatoms. The molecule has 0 bridgehead atoms. The molecule has 19 heavy (non-hydrogen) atoms. The third kappa shape index (κ3) is 2.94. The van der Waals surface area contributed by atoms with Crippen molar-refractivity contribution in [2.75, 3.05) is 25.5 Å². The molecular weight excluding hydrogens is 258 g/mol. The Balaban J connectivity index is 1.64. The van der Waals surface area contributed by atoms with Crippen molar-refractivity contribution in [2.24, 2.45) is 11.8 Å². The van der Waals surface area contributed by atoms with Gasteiger partial charge in [-0.1, -0.05) is 6.92 Å². The van der Waals surface area contributed by atoms with E-state index in [-0.39, 0.29) is 0 Å². The molecule has 1 amide bonds. The summed E-state index contributed by atoms with van der Waals surface area (Å²) in [6, 6.07) is 0.444. The van der Waals surface area contributed by atoms with Gasteiger partial charge in [0.1, 0.15) is 0 Å². The summed E-state index contributed by atoms with van der Waals surface area (Å²) >= 11 is 2.00. The SMILES string of the molecule is CC1CCC(C(=O)N2CCSC3COCCC32)CC1. The first kappa shape index (κ1) is 13.7. The molecular formula is C15H25NO2S. The molecule has 2 atom stereocenters. The molecule has 3 fully saturated rings. The average Bonchev–Trinajstić information content (AvgIpc) is 2.47. The van der Waals surface area contributed by atoms with Crippen LogP contribution in [0.5, 0.6) is 0 Å². The van der Waals surface area contributed by atoms with Gasteiger partial charge in [-0.3, -0.25) is 4.79 Å². The van der Waals surface area contributed by atoms with Crippen LogP contribution in [0.4, 0.5) is 0 Å². The van der Waals surface area contributed by atoms with E-state index in [1.54, 1.807) is 0 Å². The summed E-state index contributed by atoms with van der Waals surface area (Å²) in [5, 5.41) is 0.522. The largest absolute Gasteiger partial charge is 0.380 e. The predicted molar refractivity (Wildman–Crippen MR) is 78.3 cm³/mol. The Morgan fingerprint density at radius 1 is 1.21 bits per heavy atom. The molecule has 0 aromatic rings. The van der Waals surface area contributed by atoms with Gasteiger partial charge in [-0.2, -0.15) is 11.8 Å². The molecule has 2 aliphatic heterocycles. The van der Waals surface area contributed by atoms with Gasteiger partial charge >= 0.3 is 0 Å². The van der Waals surface area contributed by atoms with Gasteiger partial charge in [0.25, 0.3) is 0 Å². The van der Waals surface area contributed by atoms with Gasteiger partial charge in [0.05, 0.1) is 6.61 Å². The minimum atomic E-state index is 0.308. The lowest BCUT2D eigenvalue weighted by Gasteiger charge is -2.45. The third-order valence-corrected chi connectivity index (χ3v) is 6.28. The minimum Gasteiger partial charge on any atom is -0.380 e. The highest BCUT2D eigenvalue weighted by Crippen LogP contribution is 2.34. The van der Waals surface area contributed by atoms with Crippen LogP contribution in [0.15, 0.2) is 0 Å². The number of thioether (sulfide) groups is 1. The number of nitrogens with zero attached hydrogens (tertiary/aromatic N) is 1. The zero-order chi connectivity index (χ0) is 13.2. The average molecular weight is 283 g/mol. The Hall–Kier alpha value is -0.220. The van der Waals surface area contributed by atoms with E-state index in [4.69, 9.17) is 4.74 Å². The van der Waals surface area contributed by atoms with Crippen LogP contribution in [0.2, 0.25) is 0 Å². The van der Waals surface area contributed by atoms with Crippen LogP contribution in [-0.2, 0) is 9.53 Å². The number of ether oxygens (including phenoxy) is 1. The van der Waals surface area contributed by atoms with E-state index < -0.39 is 0 Å². The van der Waals surface area contributed by atoms with E-state index in [2.05, 4.69) is 11.8 Å². The molecule has 108 valence electrons. The second-order valence-electron chi connectivity index (χ2n) is 6.33. The van der Waals surface area contributed by atoms with Crippen molar-refractivity contribution < 1.29 is 9.53 Å². The summed E-state index contributed by atoms with van der Waals surface area (Å²) in [5.74, 6) is 2.66. The third-order valence-electron chi connectivity index (χ3n) is 4.98. The highest BCUT2D eigenvalue weighted by Gasteiger charge is 2.39. The smallest absolute Gasteiger partial charge is 0.225 e. The zero-order valence-corrected chi connectivity index (χ0v) is 12.7. The molecule has 1 aliphatic carbocycles. The number of carbonyl (C=O) groups is 1. The van der Waals surface area contributed by atoms with Crippen LogP contribution in [-0.4, -0.2) is 47.6 Å². The quantitative estimate of drug-likeness (QED) is 0.740. The van der Waals surface area contributed by atoms with E-state index in [0.29, 0.717) is 23.1 Å². The normalized spacial score (nSPS) is 39.7. The Morgan fingerprint density at radius 3 is 2.79 bits per heavy atom. The number of hydrogen-bond donors (Lipinski definition) is 0. The molecule has 2 unspecified atom stereocenters. The van der Waals surface area contributed by atoms with Crippen molar-refractivity contribution >= 4 is 17.7 Å². The highest BCUT2D eigenvalue weighted by atomic mass is 32.2. The first-order valence-corrected chi connectivity index (χ1v) is 8.80. The molecule has 0 N–H and O–H groups in total. The molecule has 2 heterocycles. The molecule has 0 radical (unpaired) electrons. The fraction of sp³-hybridized carbons (Fsp3) is 0.933. The van der Waals surface area contributed by atoms with E-state index in [1.165, 1.54) is 12.8 Å². The lowest BCUT2D eigenvalue weighted by atomic mass is 9.82. The van der Waals surface area contributed by atoms with Crippen LogP contribution < -0.4 is 0 Å². The molecule has 0 aromatic carbocycles. The van der Waals surface area contributed by atoms with Crippen LogP contribution in [0, 0.1) is 11.8 Å². The summed E-state index contributed by atoms with van der Waals surface area (Å²) in [5.41, 5.74) is 0. The van der Waals surface area contributed by atoms with Gasteiger partial charge in [0.2, 0.25) is 5.91 Å². The zero-order valence-electron chi connectivity index (χ0n) is 11.8. The van der Waals surface area contributed by atoms with E-state index in [1.807, 2.05) is 11.8 Å². The standard InChI is InChI=1S/C15H25NO2S/c1-11-2-4-12(5-3-11)15(17)16-7-9-19-14-10-18-8-6-13(14)16/h11-14H,2-10H2,1H3. The Labute approximate surface area is 120 Å². The van der Waals surface area contributed by atoms with Crippen LogP contribution in [0.1, 0.15) is 39.0 Å². The van der Waals surface area contributed by atoms with Crippen molar-refractivity contribution in [3.63, 3.8) is 0 Å². The van der Waals surface area contributed by atoms with E-state index >= 15 is 0 Å². The highest BCUT2D eigenvalue weighted by molar-refractivity contribution is 8.00. The summed E-state index contributed by atoms with van der Waals surface area (Å²) in [6.45, 7) is 4.93. The summed E-state index contributed by atoms with van der Waals surface area (Å²) in [7, 11) is 0. The van der Waals surface area contributed by atoms with E-state index in [0.717, 1.165) is 50.7 Å². The van der Waals surface area contributed by atoms with Crippen LogP contribution in [0.25, 0.3) is 0 Å². The molecule has 0 aromatic heterocycles. The van der Waals surface area contributed by atoms with E-state index in [9.17, 15) is 4.79 Å². The van der Waals surface area contributed by atoms with Gasteiger partial charge in [-0.25, -0.2) is 0 Å². The maximum Gasteiger partial charge on any atom is 0.225 e. The van der Waals surface area contributed by atoms with Gasteiger partial charge in [0, 0.05) is 36.1 Å². The number of fused-ring (bicyclic) bond motifs is 1. The minimum absolute atomic E-state index is 0.308. The van der Waals surface area contributed by atoms with Crippen LogP contribution >= 0.6 is 11.8 Å². The summed E-state index contributed by atoms with van der Waals surface area (Å²) < 4.78 is 5.57. The fourth-order valence-electron chi connectivity index (χ4n) is 3.70. The molecule has 3 nitrogen and oxygen atoms in total. The van der Waals surface area contributed by atoms with Crippen molar-refractivity contribution in [3.05, 3.63) is 0 Å². The van der Waals surface area contributed by atoms with Gasteiger partial charge in [-0.15, -0.1) is 0 Å². The fourth-order valence-corrected chi connectivity index (χ4v) is 5.00. The maximum atomic E-state index is 12.8. The summed E-state index contributed by atoms with van der Waals surface area (Å²) in [4.78, 5) is 15.0.